The zero-order chi connectivity index (χ0) is 58.6. The normalized spacial score (nSPS) is 13.4. The fraction of sp³-hybridized carbons (Fsp3) is 0. The molecule has 0 atom stereocenters. The molecular weight excluding hydrogens is 1130 g/mol. The van der Waals surface area contributed by atoms with Crippen LogP contribution in [0.25, 0.3) is 251 Å². The van der Waals surface area contributed by atoms with Gasteiger partial charge in [-0.2, -0.15) is 0 Å². The van der Waals surface area contributed by atoms with E-state index in [9.17, 15) is 0 Å². The Morgan fingerprint density at radius 1 is 0.174 bits per heavy atom. The van der Waals surface area contributed by atoms with Crippen LogP contribution in [0.5, 0.6) is 0 Å². The summed E-state index contributed by atoms with van der Waals surface area (Å²) in [5.41, 5.74) is 23.3. The zero-order valence-corrected chi connectivity index (χ0v) is 48.4. The van der Waals surface area contributed by atoms with Crippen molar-refractivity contribution in [2.45, 2.75) is 0 Å². The van der Waals surface area contributed by atoms with Crippen molar-refractivity contribution in [1.29, 1.82) is 0 Å². The van der Waals surface area contributed by atoms with Crippen molar-refractivity contribution >= 4 is 240 Å². The van der Waals surface area contributed by atoms with E-state index in [1.54, 1.807) is 0 Å². The second-order valence-electron chi connectivity index (χ2n) is 26.0. The maximum absolute atomic E-state index is 7.16. The molecule has 0 radical (unpaired) electrons. The summed E-state index contributed by atoms with van der Waals surface area (Å²) in [5, 5.41) is 28.2. The molecule has 26 aromatic rings. The number of benzene rings is 14. The van der Waals surface area contributed by atoms with Crippen LogP contribution in [0, 0.1) is 0 Å². The molecule has 0 aliphatic heterocycles. The smallest absolute Gasteiger partial charge is 0.160 e. The highest BCUT2D eigenvalue weighted by Gasteiger charge is 2.32. The lowest BCUT2D eigenvalue weighted by molar-refractivity contribution is 0.669. The van der Waals surface area contributed by atoms with E-state index in [-0.39, 0.29) is 0 Å². The van der Waals surface area contributed by atoms with Gasteiger partial charge in [0.05, 0.1) is 77.0 Å². The van der Waals surface area contributed by atoms with Gasteiger partial charge in [-0.3, -0.25) is 0 Å². The monoisotopic (exact) mass is 1170 g/mol. The van der Waals surface area contributed by atoms with Gasteiger partial charge >= 0.3 is 0 Å². The number of hydrogen-bond donors (Lipinski definition) is 0. The van der Waals surface area contributed by atoms with Gasteiger partial charge in [-0.15, -0.1) is 0 Å². The summed E-state index contributed by atoms with van der Waals surface area (Å²) < 4.78 is 37.9. The number of rotatable bonds is 1. The largest absolute Gasteiger partial charge is 0.456 e. The van der Waals surface area contributed by atoms with Crippen LogP contribution < -0.4 is 0 Å². The van der Waals surface area contributed by atoms with Crippen molar-refractivity contribution < 1.29 is 17.7 Å². The number of aromatic nitrogens is 4. The molecule has 0 spiro atoms. The van der Waals surface area contributed by atoms with Crippen molar-refractivity contribution in [3.05, 3.63) is 231 Å². The van der Waals surface area contributed by atoms with Crippen LogP contribution in [-0.2, 0) is 0 Å². The molecular formula is C84H38N4O4. The minimum absolute atomic E-state index is 0.852. The van der Waals surface area contributed by atoms with Crippen LogP contribution in [0.4, 0.5) is 0 Å². The van der Waals surface area contributed by atoms with E-state index in [1.165, 1.54) is 119 Å². The highest BCUT2D eigenvalue weighted by Crippen LogP contribution is 2.55. The van der Waals surface area contributed by atoms with E-state index in [0.717, 1.165) is 132 Å². The standard InChI is InChI=1S/C84H38N4O4/c1-5-22-65-39(12-1)50-29-28-48-43-17-10-19-45-57-36-64-59(37-62(57)86(76(43)45)80(48)83(50)91-65)49-27-26-41(71-55-31-30-51-40-13-2-6-23-66(40)92-84(51)81(55)88(64)78(49)71)60-38-70-74(53-15-4-8-25-68(53)90-70)82-72(60)54-21-11-20-46-58-34-61-56(35-63(58)87(82)77(46)54)44-18-9-16-42-47-32-33-69-73(79(47)85(61)75(42)44)52-14-3-7-24-67(52)89-69/h1-38H. The Hall–Kier alpha value is -12.5. The Labute approximate surface area is 514 Å². The van der Waals surface area contributed by atoms with Gasteiger partial charge in [-0.1, -0.05) is 152 Å². The third-order valence-corrected chi connectivity index (χ3v) is 22.0. The van der Waals surface area contributed by atoms with Gasteiger partial charge in [0.2, 0.25) is 0 Å². The minimum Gasteiger partial charge on any atom is -0.456 e. The number of furan rings is 4. The first-order valence-electron chi connectivity index (χ1n) is 31.6. The van der Waals surface area contributed by atoms with E-state index in [2.05, 4.69) is 248 Å². The minimum atomic E-state index is 0.852. The molecule has 12 heterocycles. The predicted molar refractivity (Wildman–Crippen MR) is 380 cm³/mol. The van der Waals surface area contributed by atoms with E-state index >= 15 is 0 Å². The summed E-state index contributed by atoms with van der Waals surface area (Å²) in [4.78, 5) is 0. The molecule has 0 amide bonds. The Morgan fingerprint density at radius 3 is 1.10 bits per heavy atom. The van der Waals surface area contributed by atoms with Gasteiger partial charge in [0, 0.05) is 118 Å². The lowest BCUT2D eigenvalue weighted by Gasteiger charge is -2.10. The molecule has 12 aromatic heterocycles. The molecule has 0 bridgehead atoms. The topological polar surface area (TPSA) is 70.2 Å². The molecule has 0 unspecified atom stereocenters. The number of fused-ring (bicyclic) bond motifs is 40. The average molecular weight is 1170 g/mol. The highest BCUT2D eigenvalue weighted by molar-refractivity contribution is 6.39. The van der Waals surface area contributed by atoms with Crippen LogP contribution in [0.2, 0.25) is 0 Å². The van der Waals surface area contributed by atoms with Crippen LogP contribution in [0.3, 0.4) is 0 Å². The van der Waals surface area contributed by atoms with E-state index in [0.29, 0.717) is 0 Å². The Morgan fingerprint density at radius 2 is 0.511 bits per heavy atom. The fourth-order valence-corrected chi connectivity index (χ4v) is 18.6. The molecule has 0 fully saturated rings. The van der Waals surface area contributed by atoms with Gasteiger partial charge in [-0.05, 0) is 90.0 Å². The Kier molecular flexibility index (Phi) is 7.13. The quantitative estimate of drug-likeness (QED) is 0.164. The first kappa shape index (κ1) is 44.8. The molecule has 0 N–H and O–H groups in total. The molecule has 0 saturated carbocycles. The summed E-state index contributed by atoms with van der Waals surface area (Å²) >= 11 is 0. The Bertz CT molecular complexity index is 8010. The fourth-order valence-electron chi connectivity index (χ4n) is 18.6. The van der Waals surface area contributed by atoms with Crippen molar-refractivity contribution in [2.24, 2.45) is 0 Å². The van der Waals surface area contributed by atoms with Crippen LogP contribution >= 0.6 is 0 Å². The van der Waals surface area contributed by atoms with Gasteiger partial charge in [0.25, 0.3) is 0 Å². The third kappa shape index (κ3) is 4.73. The first-order valence-corrected chi connectivity index (χ1v) is 31.6. The SMILES string of the molecule is c1ccc2c(c1)oc1c2ccc2c3cccc4c5cc6c(cc5n(c43)c21)c1ccc(-c2cc3oc4ccccc4c3c3c2c2cccc4c5cc7c(cc5n3c42)c2cccc3c4ccc5oc8ccccc8c5c4n7c23)c2c3ccc4c5ccccc5oc4c3n6c12. The molecule has 0 aliphatic carbocycles. The van der Waals surface area contributed by atoms with Crippen LogP contribution in [0.15, 0.2) is 248 Å². The molecule has 0 saturated heterocycles. The third-order valence-electron chi connectivity index (χ3n) is 22.0. The van der Waals surface area contributed by atoms with E-state index in [4.69, 9.17) is 17.7 Å². The van der Waals surface area contributed by atoms with Gasteiger partial charge in [0.1, 0.15) is 33.5 Å². The summed E-state index contributed by atoms with van der Waals surface area (Å²) in [7, 11) is 0. The predicted octanol–water partition coefficient (Wildman–Crippen LogP) is 23.6. The average Bonchev–Trinajstić information content (AvgIpc) is 1.51. The lowest BCUT2D eigenvalue weighted by atomic mass is 9.92. The summed E-state index contributed by atoms with van der Waals surface area (Å²) in [6.07, 6.45) is 0. The maximum atomic E-state index is 7.16. The van der Waals surface area contributed by atoms with Crippen molar-refractivity contribution in [3.8, 4) is 11.1 Å². The van der Waals surface area contributed by atoms with E-state index < -0.39 is 0 Å². The van der Waals surface area contributed by atoms with E-state index in [1.807, 2.05) is 0 Å². The molecule has 92 heavy (non-hydrogen) atoms. The summed E-state index contributed by atoms with van der Waals surface area (Å²) in [6, 6.07) is 85.2. The molecule has 418 valence electrons. The summed E-state index contributed by atoms with van der Waals surface area (Å²) in [6.45, 7) is 0. The van der Waals surface area contributed by atoms with Crippen LogP contribution in [0.1, 0.15) is 0 Å². The zero-order valence-electron chi connectivity index (χ0n) is 48.4. The van der Waals surface area contributed by atoms with Gasteiger partial charge in [0.15, 0.2) is 11.2 Å². The van der Waals surface area contributed by atoms with Crippen molar-refractivity contribution in [1.82, 2.24) is 17.6 Å². The molecule has 26 rings (SSSR count). The van der Waals surface area contributed by atoms with Crippen molar-refractivity contribution in [3.63, 3.8) is 0 Å². The second kappa shape index (κ2) is 14.6. The number of para-hydroxylation sites is 7. The molecule has 8 heteroatoms. The van der Waals surface area contributed by atoms with Crippen molar-refractivity contribution in [2.75, 3.05) is 0 Å². The number of hydrogen-bond acceptors (Lipinski definition) is 4. The van der Waals surface area contributed by atoms with Crippen LogP contribution in [-0.4, -0.2) is 17.6 Å². The molecule has 0 aliphatic rings. The molecule has 14 aromatic carbocycles. The maximum Gasteiger partial charge on any atom is 0.160 e. The molecule has 8 nitrogen and oxygen atoms in total. The van der Waals surface area contributed by atoms with Gasteiger partial charge < -0.3 is 35.3 Å². The first-order chi connectivity index (χ1) is 45.7. The Balaban J connectivity index is 0.821. The summed E-state index contributed by atoms with van der Waals surface area (Å²) in [5.74, 6) is 0. The number of nitrogens with zero attached hydrogens (tertiary/aromatic N) is 4. The highest BCUT2D eigenvalue weighted by atomic mass is 16.3. The van der Waals surface area contributed by atoms with Gasteiger partial charge in [-0.25, -0.2) is 0 Å². The second-order valence-corrected chi connectivity index (χ2v) is 26.0. The lowest BCUT2D eigenvalue weighted by Crippen LogP contribution is -1.87.